The van der Waals surface area contributed by atoms with Crippen LogP contribution in [0.1, 0.15) is 16.1 Å². The molecule has 0 unspecified atom stereocenters. The van der Waals surface area contributed by atoms with Crippen LogP contribution in [0.3, 0.4) is 0 Å². The Morgan fingerprint density at radius 1 is 1.08 bits per heavy atom. The van der Waals surface area contributed by atoms with Gasteiger partial charge in [-0.2, -0.15) is 0 Å². The first-order chi connectivity index (χ1) is 12.5. The molecule has 3 rings (SSSR count). The SMILES string of the molecule is COc1ccc(CCNC(=O)c2cc3cc(F)ccc3n2C)cc1OC. The summed E-state index contributed by atoms with van der Waals surface area (Å²) >= 11 is 0. The van der Waals surface area contributed by atoms with E-state index in [1.165, 1.54) is 12.1 Å². The van der Waals surface area contributed by atoms with Crippen LogP contribution in [0.5, 0.6) is 11.5 Å². The Labute approximate surface area is 151 Å². The molecule has 2 aromatic carbocycles. The lowest BCUT2D eigenvalue weighted by molar-refractivity contribution is 0.0946. The summed E-state index contributed by atoms with van der Waals surface area (Å²) in [7, 11) is 4.98. The molecule has 1 aromatic heterocycles. The van der Waals surface area contributed by atoms with Crippen LogP contribution >= 0.6 is 0 Å². The van der Waals surface area contributed by atoms with E-state index in [2.05, 4.69) is 5.32 Å². The number of fused-ring (bicyclic) bond motifs is 1. The molecule has 0 aliphatic rings. The van der Waals surface area contributed by atoms with Crippen LogP contribution in [0.15, 0.2) is 42.5 Å². The molecule has 136 valence electrons. The van der Waals surface area contributed by atoms with Crippen molar-refractivity contribution in [1.29, 1.82) is 0 Å². The van der Waals surface area contributed by atoms with Gasteiger partial charge in [-0.25, -0.2) is 4.39 Å². The second-order valence-electron chi connectivity index (χ2n) is 5.99. The molecule has 3 aromatic rings. The minimum Gasteiger partial charge on any atom is -0.493 e. The molecule has 5 nitrogen and oxygen atoms in total. The number of carbonyl (C=O) groups excluding carboxylic acids is 1. The van der Waals surface area contributed by atoms with Crippen molar-refractivity contribution >= 4 is 16.8 Å². The minimum absolute atomic E-state index is 0.190. The molecule has 0 radical (unpaired) electrons. The van der Waals surface area contributed by atoms with Gasteiger partial charge >= 0.3 is 0 Å². The van der Waals surface area contributed by atoms with Crippen molar-refractivity contribution in [2.24, 2.45) is 7.05 Å². The van der Waals surface area contributed by atoms with Gasteiger partial charge in [0, 0.05) is 24.5 Å². The van der Waals surface area contributed by atoms with Gasteiger partial charge in [0.2, 0.25) is 0 Å². The van der Waals surface area contributed by atoms with Crippen LogP contribution in [-0.2, 0) is 13.5 Å². The normalized spacial score (nSPS) is 10.8. The third-order valence-corrected chi connectivity index (χ3v) is 4.38. The van der Waals surface area contributed by atoms with Crippen molar-refractivity contribution in [3.8, 4) is 11.5 Å². The molecule has 0 fully saturated rings. The number of benzene rings is 2. The molecule has 0 spiro atoms. The highest BCUT2D eigenvalue weighted by Crippen LogP contribution is 2.27. The van der Waals surface area contributed by atoms with Gasteiger partial charge in [0.15, 0.2) is 11.5 Å². The van der Waals surface area contributed by atoms with Crippen molar-refractivity contribution in [1.82, 2.24) is 9.88 Å². The third-order valence-electron chi connectivity index (χ3n) is 4.38. The second kappa shape index (κ2) is 7.47. The summed E-state index contributed by atoms with van der Waals surface area (Å²) in [5, 5.41) is 3.61. The van der Waals surface area contributed by atoms with Crippen LogP contribution in [0.2, 0.25) is 0 Å². The van der Waals surface area contributed by atoms with Gasteiger partial charge in [-0.05, 0) is 48.4 Å². The Balaban J connectivity index is 1.67. The first kappa shape index (κ1) is 17.8. The van der Waals surface area contributed by atoms with E-state index in [9.17, 15) is 9.18 Å². The molecule has 1 amide bonds. The van der Waals surface area contributed by atoms with Gasteiger partial charge in [-0.1, -0.05) is 6.07 Å². The molecule has 1 N–H and O–H groups in total. The zero-order valence-corrected chi connectivity index (χ0v) is 15.0. The number of halogens is 1. The van der Waals surface area contributed by atoms with Gasteiger partial charge in [-0.3, -0.25) is 4.79 Å². The fourth-order valence-corrected chi connectivity index (χ4v) is 2.99. The van der Waals surface area contributed by atoms with Crippen LogP contribution in [-0.4, -0.2) is 31.2 Å². The molecule has 26 heavy (non-hydrogen) atoms. The minimum atomic E-state index is -0.316. The Kier molecular flexibility index (Phi) is 5.11. The number of carbonyl (C=O) groups is 1. The zero-order chi connectivity index (χ0) is 18.7. The van der Waals surface area contributed by atoms with E-state index in [1.54, 1.807) is 38.0 Å². The number of hydrogen-bond donors (Lipinski definition) is 1. The van der Waals surface area contributed by atoms with E-state index in [4.69, 9.17) is 9.47 Å². The fourth-order valence-electron chi connectivity index (χ4n) is 2.99. The molecular weight excluding hydrogens is 335 g/mol. The molecule has 0 saturated carbocycles. The Morgan fingerprint density at radius 2 is 1.85 bits per heavy atom. The number of methoxy groups -OCH3 is 2. The summed E-state index contributed by atoms with van der Waals surface area (Å²) in [6, 6.07) is 11.9. The Hall–Kier alpha value is -3.02. The monoisotopic (exact) mass is 356 g/mol. The van der Waals surface area contributed by atoms with E-state index in [1.807, 2.05) is 18.2 Å². The lowest BCUT2D eigenvalue weighted by atomic mass is 10.1. The Bertz CT molecular complexity index is 950. The van der Waals surface area contributed by atoms with Gasteiger partial charge < -0.3 is 19.4 Å². The second-order valence-corrected chi connectivity index (χ2v) is 5.99. The molecule has 0 aliphatic carbocycles. The maximum Gasteiger partial charge on any atom is 0.267 e. The van der Waals surface area contributed by atoms with E-state index in [0.29, 0.717) is 35.5 Å². The molecule has 0 atom stereocenters. The number of aryl methyl sites for hydroxylation is 1. The molecular formula is C20H21FN2O3. The van der Waals surface area contributed by atoms with Crippen molar-refractivity contribution in [3.63, 3.8) is 0 Å². The number of rotatable bonds is 6. The van der Waals surface area contributed by atoms with E-state index in [-0.39, 0.29) is 11.7 Å². The molecule has 0 bridgehead atoms. The number of nitrogens with zero attached hydrogens (tertiary/aromatic N) is 1. The van der Waals surface area contributed by atoms with Crippen molar-refractivity contribution < 1.29 is 18.7 Å². The average Bonchev–Trinajstić information content (AvgIpc) is 2.97. The number of hydrogen-bond acceptors (Lipinski definition) is 3. The topological polar surface area (TPSA) is 52.5 Å². The third kappa shape index (κ3) is 3.49. The van der Waals surface area contributed by atoms with Gasteiger partial charge in [0.05, 0.1) is 14.2 Å². The highest BCUT2D eigenvalue weighted by atomic mass is 19.1. The number of aromatic nitrogens is 1. The largest absolute Gasteiger partial charge is 0.493 e. The fraction of sp³-hybridized carbons (Fsp3) is 0.250. The van der Waals surface area contributed by atoms with Gasteiger partial charge in [-0.15, -0.1) is 0 Å². The maximum absolute atomic E-state index is 13.4. The molecule has 6 heteroatoms. The van der Waals surface area contributed by atoms with Crippen LogP contribution in [0.25, 0.3) is 10.9 Å². The smallest absolute Gasteiger partial charge is 0.267 e. The molecule has 0 aliphatic heterocycles. The summed E-state index contributed by atoms with van der Waals surface area (Å²) < 4.78 is 25.6. The van der Waals surface area contributed by atoms with Gasteiger partial charge in [0.1, 0.15) is 11.5 Å². The predicted molar refractivity (Wildman–Crippen MR) is 98.5 cm³/mol. The average molecular weight is 356 g/mol. The first-order valence-electron chi connectivity index (χ1n) is 8.27. The number of amides is 1. The molecule has 1 heterocycles. The van der Waals surface area contributed by atoms with Crippen molar-refractivity contribution in [2.75, 3.05) is 20.8 Å². The zero-order valence-electron chi connectivity index (χ0n) is 15.0. The van der Waals surface area contributed by atoms with Crippen LogP contribution < -0.4 is 14.8 Å². The summed E-state index contributed by atoms with van der Waals surface area (Å²) in [4.78, 5) is 12.5. The first-order valence-corrected chi connectivity index (χ1v) is 8.27. The standard InChI is InChI=1S/C20H21FN2O3/c1-23-16-6-5-15(21)11-14(16)12-17(23)20(24)22-9-8-13-4-7-18(25-2)19(10-13)26-3/h4-7,10-12H,8-9H2,1-3H3,(H,22,24). The van der Waals surface area contributed by atoms with E-state index >= 15 is 0 Å². The summed E-state index contributed by atoms with van der Waals surface area (Å²) in [6.45, 7) is 0.476. The van der Waals surface area contributed by atoms with Crippen LogP contribution in [0.4, 0.5) is 4.39 Å². The summed E-state index contributed by atoms with van der Waals surface area (Å²) in [5.74, 6) is 0.822. The van der Waals surface area contributed by atoms with Crippen molar-refractivity contribution in [2.45, 2.75) is 6.42 Å². The van der Waals surface area contributed by atoms with Crippen molar-refractivity contribution in [3.05, 3.63) is 59.5 Å². The lowest BCUT2D eigenvalue weighted by Gasteiger charge is -2.10. The van der Waals surface area contributed by atoms with Crippen LogP contribution in [0, 0.1) is 5.82 Å². The predicted octanol–water partition coefficient (Wildman–Crippen LogP) is 3.31. The summed E-state index contributed by atoms with van der Waals surface area (Å²) in [6.07, 6.45) is 0.657. The Morgan fingerprint density at radius 3 is 2.58 bits per heavy atom. The van der Waals surface area contributed by atoms with E-state index in [0.717, 1.165) is 11.1 Å². The number of nitrogens with one attached hydrogen (secondary N) is 1. The van der Waals surface area contributed by atoms with Gasteiger partial charge in [0.25, 0.3) is 5.91 Å². The summed E-state index contributed by atoms with van der Waals surface area (Å²) in [5.41, 5.74) is 2.34. The maximum atomic E-state index is 13.4. The molecule has 0 saturated heterocycles. The quantitative estimate of drug-likeness (QED) is 0.737. The van der Waals surface area contributed by atoms with E-state index < -0.39 is 0 Å². The number of ether oxygens (including phenoxy) is 2. The highest BCUT2D eigenvalue weighted by Gasteiger charge is 2.13. The lowest BCUT2D eigenvalue weighted by Crippen LogP contribution is -2.27. The highest BCUT2D eigenvalue weighted by molar-refractivity contribution is 5.98.